The molecule has 1 aliphatic heterocycles. The van der Waals surface area contributed by atoms with E-state index in [2.05, 4.69) is 59.6 Å². The molecule has 5 rings (SSSR count). The number of benzene rings is 2. The van der Waals surface area contributed by atoms with E-state index < -0.39 is 0 Å². The van der Waals surface area contributed by atoms with Gasteiger partial charge in [-0.25, -0.2) is 9.67 Å². The van der Waals surface area contributed by atoms with E-state index in [0.29, 0.717) is 5.56 Å². The van der Waals surface area contributed by atoms with E-state index in [1.807, 2.05) is 36.7 Å². The molecule has 0 bridgehead atoms. The number of likely N-dealkylation sites (tertiary alicyclic amines) is 1. The second-order valence-corrected chi connectivity index (χ2v) is 9.35. The molecule has 0 atom stereocenters. The molecule has 174 valence electrons. The zero-order chi connectivity index (χ0) is 23.7. The molecule has 1 fully saturated rings. The van der Waals surface area contributed by atoms with Crippen molar-refractivity contribution in [2.75, 3.05) is 13.1 Å². The molecule has 0 spiro atoms. The van der Waals surface area contributed by atoms with Crippen molar-refractivity contribution in [3.05, 3.63) is 88.7 Å². The maximum atomic E-state index is 13.4. The number of piperidine rings is 1. The van der Waals surface area contributed by atoms with E-state index in [1.54, 1.807) is 0 Å². The van der Waals surface area contributed by atoms with Gasteiger partial charge in [0.05, 0.1) is 22.3 Å². The average molecular weight is 454 g/mol. The number of pyridine rings is 1. The van der Waals surface area contributed by atoms with Crippen LogP contribution >= 0.6 is 0 Å². The summed E-state index contributed by atoms with van der Waals surface area (Å²) >= 11 is 0. The minimum Gasteiger partial charge on any atom is -0.349 e. The summed E-state index contributed by atoms with van der Waals surface area (Å²) in [6.45, 7) is 8.86. The third-order valence-electron chi connectivity index (χ3n) is 6.64. The summed E-state index contributed by atoms with van der Waals surface area (Å²) < 4.78 is 1.84. The van der Waals surface area contributed by atoms with E-state index >= 15 is 0 Å². The summed E-state index contributed by atoms with van der Waals surface area (Å²) in [5, 5.41) is 8.85. The third-order valence-corrected chi connectivity index (χ3v) is 6.64. The Kier molecular flexibility index (Phi) is 6.16. The van der Waals surface area contributed by atoms with E-state index in [0.717, 1.165) is 60.6 Å². The molecule has 1 saturated heterocycles. The van der Waals surface area contributed by atoms with Gasteiger partial charge in [-0.05, 0) is 57.4 Å². The molecule has 0 unspecified atom stereocenters. The molecule has 34 heavy (non-hydrogen) atoms. The lowest BCUT2D eigenvalue weighted by Gasteiger charge is -2.32. The van der Waals surface area contributed by atoms with Crippen LogP contribution in [0.1, 0.15) is 45.7 Å². The van der Waals surface area contributed by atoms with Crippen molar-refractivity contribution >= 4 is 16.9 Å². The highest BCUT2D eigenvalue weighted by atomic mass is 16.1. The van der Waals surface area contributed by atoms with Gasteiger partial charge in [0.1, 0.15) is 0 Å². The number of carbonyl (C=O) groups is 1. The van der Waals surface area contributed by atoms with Gasteiger partial charge in [0, 0.05) is 31.4 Å². The van der Waals surface area contributed by atoms with Crippen LogP contribution in [0.5, 0.6) is 0 Å². The molecule has 4 aromatic rings. The fraction of sp³-hybridized carbons (Fsp3) is 0.321. The van der Waals surface area contributed by atoms with E-state index in [1.165, 1.54) is 11.1 Å². The fourth-order valence-electron chi connectivity index (χ4n) is 4.80. The summed E-state index contributed by atoms with van der Waals surface area (Å²) in [7, 11) is 0. The number of nitrogens with zero attached hydrogens (tertiary/aromatic N) is 4. The normalized spacial score (nSPS) is 15.0. The average Bonchev–Trinajstić information content (AvgIpc) is 3.17. The van der Waals surface area contributed by atoms with Crippen molar-refractivity contribution in [2.24, 2.45) is 0 Å². The first kappa shape index (κ1) is 22.3. The molecule has 3 heterocycles. The van der Waals surface area contributed by atoms with Crippen molar-refractivity contribution in [3.63, 3.8) is 0 Å². The van der Waals surface area contributed by atoms with Gasteiger partial charge in [0.25, 0.3) is 5.91 Å². The van der Waals surface area contributed by atoms with E-state index in [4.69, 9.17) is 10.1 Å². The zero-order valence-corrected chi connectivity index (χ0v) is 20.1. The second-order valence-electron chi connectivity index (χ2n) is 9.35. The standard InChI is InChI=1S/C28H31N5O/c1-19-9-11-24(12-10-19)33-27-26(21(3)31-33)25(17-20(2)29-27)28(34)30-23-13-15-32(16-14-23)18-22-7-5-4-6-8-22/h4-12,17,23H,13-16,18H2,1-3H3,(H,30,34). The van der Waals surface area contributed by atoms with Crippen molar-refractivity contribution in [2.45, 2.75) is 46.2 Å². The molecule has 1 N–H and O–H groups in total. The lowest BCUT2D eigenvalue weighted by atomic mass is 10.0. The number of fused-ring (bicyclic) bond motifs is 1. The monoisotopic (exact) mass is 453 g/mol. The van der Waals surface area contributed by atoms with Gasteiger partial charge in [-0.3, -0.25) is 9.69 Å². The van der Waals surface area contributed by atoms with Crippen LogP contribution in [-0.2, 0) is 6.54 Å². The van der Waals surface area contributed by atoms with Crippen molar-refractivity contribution < 1.29 is 4.79 Å². The van der Waals surface area contributed by atoms with Gasteiger partial charge in [0.15, 0.2) is 5.65 Å². The summed E-state index contributed by atoms with van der Waals surface area (Å²) in [5.74, 6) is -0.0384. The molecule has 0 aliphatic carbocycles. The van der Waals surface area contributed by atoms with Gasteiger partial charge < -0.3 is 5.32 Å². The van der Waals surface area contributed by atoms with Crippen LogP contribution in [0.15, 0.2) is 60.7 Å². The Balaban J connectivity index is 1.33. The SMILES string of the molecule is Cc1ccc(-n2nc(C)c3c(C(=O)NC4CCN(Cc5ccccc5)CC4)cc(C)nc32)cc1. The maximum Gasteiger partial charge on any atom is 0.252 e. The Bertz CT molecular complexity index is 1300. The minimum atomic E-state index is -0.0384. The van der Waals surface area contributed by atoms with Gasteiger partial charge in [0.2, 0.25) is 0 Å². The highest BCUT2D eigenvalue weighted by molar-refractivity contribution is 6.06. The summed E-state index contributed by atoms with van der Waals surface area (Å²) in [4.78, 5) is 20.6. The quantitative estimate of drug-likeness (QED) is 0.474. The highest BCUT2D eigenvalue weighted by Gasteiger charge is 2.24. The number of nitrogens with one attached hydrogen (secondary N) is 1. The van der Waals surface area contributed by atoms with Crippen molar-refractivity contribution in [3.8, 4) is 5.69 Å². The van der Waals surface area contributed by atoms with E-state index in [-0.39, 0.29) is 11.9 Å². The first-order valence-electron chi connectivity index (χ1n) is 12.0. The largest absolute Gasteiger partial charge is 0.349 e. The predicted octanol–water partition coefficient (Wildman–Crippen LogP) is 4.74. The molecule has 6 heteroatoms. The summed E-state index contributed by atoms with van der Waals surface area (Å²) in [6.07, 6.45) is 1.90. The van der Waals surface area contributed by atoms with Crippen LogP contribution < -0.4 is 5.32 Å². The molecule has 0 saturated carbocycles. The summed E-state index contributed by atoms with van der Waals surface area (Å²) in [6, 6.07) is 20.8. The number of aromatic nitrogens is 3. The predicted molar refractivity (Wildman–Crippen MR) is 135 cm³/mol. The molecular formula is C28H31N5O. The van der Waals surface area contributed by atoms with Gasteiger partial charge >= 0.3 is 0 Å². The number of carbonyl (C=O) groups excluding carboxylic acids is 1. The van der Waals surface area contributed by atoms with Gasteiger partial charge in [-0.2, -0.15) is 5.10 Å². The smallest absolute Gasteiger partial charge is 0.252 e. The highest BCUT2D eigenvalue weighted by Crippen LogP contribution is 2.25. The lowest BCUT2D eigenvalue weighted by Crippen LogP contribution is -2.44. The van der Waals surface area contributed by atoms with Gasteiger partial charge in [-0.1, -0.05) is 48.0 Å². The van der Waals surface area contributed by atoms with Crippen molar-refractivity contribution in [1.82, 2.24) is 25.0 Å². The van der Waals surface area contributed by atoms with Gasteiger partial charge in [-0.15, -0.1) is 0 Å². The molecule has 2 aromatic carbocycles. The molecule has 1 aliphatic rings. The maximum absolute atomic E-state index is 13.4. The van der Waals surface area contributed by atoms with Crippen molar-refractivity contribution in [1.29, 1.82) is 0 Å². The Morgan fingerprint density at radius 3 is 2.41 bits per heavy atom. The fourth-order valence-corrected chi connectivity index (χ4v) is 4.80. The topological polar surface area (TPSA) is 63.1 Å². The molecular weight excluding hydrogens is 422 g/mol. The van der Waals surface area contributed by atoms with Crippen LogP contribution in [-0.4, -0.2) is 44.7 Å². The van der Waals surface area contributed by atoms with Crippen LogP contribution in [0, 0.1) is 20.8 Å². The Hall–Kier alpha value is -3.51. The van der Waals surface area contributed by atoms with Crippen LogP contribution in [0.2, 0.25) is 0 Å². The van der Waals surface area contributed by atoms with Crippen LogP contribution in [0.25, 0.3) is 16.7 Å². The second kappa shape index (κ2) is 9.39. The minimum absolute atomic E-state index is 0.0384. The number of amides is 1. The third kappa shape index (κ3) is 4.59. The van der Waals surface area contributed by atoms with E-state index in [9.17, 15) is 4.79 Å². The van der Waals surface area contributed by atoms with Crippen LogP contribution in [0.3, 0.4) is 0 Å². The number of hydrogen-bond donors (Lipinski definition) is 1. The summed E-state index contributed by atoms with van der Waals surface area (Å²) in [5.41, 5.74) is 6.47. The number of aryl methyl sites for hydroxylation is 3. The first-order chi connectivity index (χ1) is 16.5. The molecule has 1 amide bonds. The first-order valence-corrected chi connectivity index (χ1v) is 12.0. The number of hydrogen-bond acceptors (Lipinski definition) is 4. The number of rotatable bonds is 5. The van der Waals surface area contributed by atoms with Crippen LogP contribution in [0.4, 0.5) is 0 Å². The Morgan fingerprint density at radius 2 is 1.71 bits per heavy atom. The molecule has 2 aromatic heterocycles. The molecule has 0 radical (unpaired) electrons. The Labute approximate surface area is 200 Å². The Morgan fingerprint density at radius 1 is 1.00 bits per heavy atom. The molecule has 6 nitrogen and oxygen atoms in total. The lowest BCUT2D eigenvalue weighted by molar-refractivity contribution is 0.0910. The zero-order valence-electron chi connectivity index (χ0n) is 20.1.